The molecule has 0 N–H and O–H groups in total. The Morgan fingerprint density at radius 1 is 0.295 bits per heavy atom. The van der Waals surface area contributed by atoms with Crippen LogP contribution in [0.1, 0.15) is 262 Å². The number of esters is 8. The zero-order chi connectivity index (χ0) is 94.7. The summed E-state index contributed by atoms with van der Waals surface area (Å²) in [5.74, 6) is 7.29. The fourth-order valence-electron chi connectivity index (χ4n) is 23.0. The van der Waals surface area contributed by atoms with Gasteiger partial charge < -0.3 is 94.7 Å². The van der Waals surface area contributed by atoms with E-state index in [-0.39, 0.29) is 179 Å². The molecule has 0 heterocycles. The van der Waals surface area contributed by atoms with Crippen molar-refractivity contribution in [2.24, 2.45) is 92.7 Å². The van der Waals surface area contributed by atoms with Crippen molar-refractivity contribution in [2.75, 3.05) is 210 Å². The standard InChI is InChI=1S/C102H170O28S2/c1-75(2)13-11-15-77(5)85-21-23-87-83-19-17-79-73-81(33-37-99(79,7)89(83)35-39-101(85,87)9)129-97(109)31-29-95(107)127-67-61-117-49-43-111-41-47-115-57-63-123-91(103)25-27-93(105)125-65-59-119-51-45-113-53-55-121-69-71-131-132-72-70-122-56-54-114-46-52-120-60-66-126-94(106)28-26-92(104)124-64-58-116-48-42-112-44-50-118-62-68-128-96(108)30-32-98(110)130-82-34-38-100(8)80(74-82)18-20-84-88-24-22-86(78(6)16-12-14-76(3)4)102(88,10)40-36-90(84)100/h17-18,75-78,81-90H,11-16,19-74H2,1-10H3/t77-,78-,81+,82+,83+,84+,85-,86-,87+,88+,89+,90+,99+,100+,101-,102-/m1/s1. The van der Waals surface area contributed by atoms with E-state index in [4.69, 9.17) is 94.7 Å². The van der Waals surface area contributed by atoms with Gasteiger partial charge >= 0.3 is 47.8 Å². The van der Waals surface area contributed by atoms with E-state index in [0.29, 0.717) is 128 Å². The average molecular weight is 1910 g/mol. The van der Waals surface area contributed by atoms with Gasteiger partial charge in [0, 0.05) is 24.3 Å². The van der Waals surface area contributed by atoms with E-state index in [2.05, 4.69) is 81.4 Å². The zero-order valence-electron chi connectivity index (χ0n) is 82.3. The molecule has 0 spiro atoms. The topological polar surface area (TPSA) is 321 Å². The predicted molar refractivity (Wildman–Crippen MR) is 503 cm³/mol. The lowest BCUT2D eigenvalue weighted by Crippen LogP contribution is -2.51. The summed E-state index contributed by atoms with van der Waals surface area (Å²) in [6.07, 6.45) is 30.9. The summed E-state index contributed by atoms with van der Waals surface area (Å²) in [7, 11) is 3.40. The Labute approximate surface area is 797 Å². The van der Waals surface area contributed by atoms with Gasteiger partial charge in [-0.05, 0) is 183 Å². The minimum atomic E-state index is -0.536. The van der Waals surface area contributed by atoms with Gasteiger partial charge in [0.05, 0.1) is 210 Å². The van der Waals surface area contributed by atoms with E-state index < -0.39 is 35.8 Å². The molecule has 8 rings (SSSR count). The van der Waals surface area contributed by atoms with Crippen molar-refractivity contribution >= 4 is 69.3 Å². The molecule has 6 saturated carbocycles. The second-order valence-corrected chi connectivity index (χ2v) is 42.3. The number of carbonyl (C=O) groups excluding carboxylic acids is 8. The van der Waals surface area contributed by atoms with E-state index in [0.717, 1.165) is 122 Å². The highest BCUT2D eigenvalue weighted by atomic mass is 33.1. The van der Waals surface area contributed by atoms with Crippen molar-refractivity contribution in [3.8, 4) is 0 Å². The summed E-state index contributed by atoms with van der Waals surface area (Å²) in [6, 6.07) is 0. The lowest BCUT2D eigenvalue weighted by Gasteiger charge is -2.58. The van der Waals surface area contributed by atoms with Gasteiger partial charge in [-0.15, -0.1) is 0 Å². The van der Waals surface area contributed by atoms with Crippen molar-refractivity contribution < 1.29 is 133 Å². The predicted octanol–water partition coefficient (Wildman–Crippen LogP) is 16.9. The highest BCUT2D eigenvalue weighted by Gasteiger charge is 2.61. The molecule has 758 valence electrons. The zero-order valence-corrected chi connectivity index (χ0v) is 84.0. The van der Waals surface area contributed by atoms with Gasteiger partial charge in [-0.3, -0.25) is 38.4 Å². The monoisotopic (exact) mass is 1910 g/mol. The van der Waals surface area contributed by atoms with E-state index in [1.165, 1.54) is 101 Å². The normalized spacial score (nSPS) is 26.3. The Hall–Kier alpha value is -4.54. The molecule has 0 unspecified atom stereocenters. The third-order valence-electron chi connectivity index (χ3n) is 29.9. The van der Waals surface area contributed by atoms with Crippen LogP contribution in [0.2, 0.25) is 0 Å². The molecule has 0 saturated heterocycles. The van der Waals surface area contributed by atoms with Crippen LogP contribution >= 0.6 is 21.6 Å². The molecule has 0 aromatic carbocycles. The van der Waals surface area contributed by atoms with Gasteiger partial charge in [-0.1, -0.05) is 153 Å². The Balaban J connectivity index is 0.464. The van der Waals surface area contributed by atoms with Crippen LogP contribution in [0.5, 0.6) is 0 Å². The summed E-state index contributed by atoms with van der Waals surface area (Å²) in [5, 5.41) is 0. The molecule has 0 bridgehead atoms. The Morgan fingerprint density at radius 2 is 0.545 bits per heavy atom. The van der Waals surface area contributed by atoms with Gasteiger partial charge in [0.25, 0.3) is 0 Å². The maximum atomic E-state index is 12.9. The van der Waals surface area contributed by atoms with Gasteiger partial charge in [-0.2, -0.15) is 0 Å². The van der Waals surface area contributed by atoms with Crippen molar-refractivity contribution in [3.05, 3.63) is 23.3 Å². The molecule has 30 heteroatoms. The molecule has 0 amide bonds. The van der Waals surface area contributed by atoms with Gasteiger partial charge in [-0.25, -0.2) is 0 Å². The van der Waals surface area contributed by atoms with E-state index >= 15 is 0 Å². The van der Waals surface area contributed by atoms with Crippen LogP contribution in [0, 0.1) is 92.7 Å². The molecule has 8 aliphatic carbocycles. The molecule has 0 aromatic rings. The first-order chi connectivity index (χ1) is 63.8. The average Bonchev–Trinajstić information content (AvgIpc) is 1.48. The van der Waals surface area contributed by atoms with Crippen molar-refractivity contribution in [1.29, 1.82) is 0 Å². The first-order valence-corrected chi connectivity index (χ1v) is 53.2. The van der Waals surface area contributed by atoms with Crippen molar-refractivity contribution in [3.63, 3.8) is 0 Å². The summed E-state index contributed by atoms with van der Waals surface area (Å²) in [4.78, 5) is 99.0. The lowest BCUT2D eigenvalue weighted by molar-refractivity contribution is -0.156. The summed E-state index contributed by atoms with van der Waals surface area (Å²) < 4.78 is 109. The van der Waals surface area contributed by atoms with Crippen LogP contribution in [0.4, 0.5) is 0 Å². The van der Waals surface area contributed by atoms with Gasteiger partial charge in [0.1, 0.15) is 51.8 Å². The Kier molecular flexibility index (Phi) is 54.0. The fraction of sp³-hybridized carbons (Fsp3) is 0.882. The molecule has 132 heavy (non-hydrogen) atoms. The van der Waals surface area contributed by atoms with Crippen LogP contribution in [0.3, 0.4) is 0 Å². The highest BCUT2D eigenvalue weighted by Crippen LogP contribution is 2.69. The van der Waals surface area contributed by atoms with Crippen LogP contribution in [-0.4, -0.2) is 270 Å². The maximum Gasteiger partial charge on any atom is 0.306 e. The summed E-state index contributed by atoms with van der Waals surface area (Å²) in [6.45, 7) is 32.9. The summed E-state index contributed by atoms with van der Waals surface area (Å²) in [5.41, 5.74) is 4.25. The van der Waals surface area contributed by atoms with Crippen LogP contribution in [-0.2, 0) is 133 Å². The number of rotatable bonds is 73. The minimum absolute atomic E-state index is 0.00761. The minimum Gasteiger partial charge on any atom is -0.463 e. The first-order valence-electron chi connectivity index (χ1n) is 50.7. The molecule has 0 aromatic heterocycles. The molecular formula is C102H170O28S2. The van der Waals surface area contributed by atoms with Crippen LogP contribution in [0.25, 0.3) is 0 Å². The number of allylic oxidation sites excluding steroid dienone is 2. The third-order valence-corrected chi connectivity index (χ3v) is 32.2. The quantitative estimate of drug-likeness (QED) is 0.0179. The summed E-state index contributed by atoms with van der Waals surface area (Å²) >= 11 is 0. The molecule has 0 radical (unpaired) electrons. The van der Waals surface area contributed by atoms with E-state index in [1.54, 1.807) is 21.6 Å². The number of hydrogen-bond acceptors (Lipinski definition) is 30. The van der Waals surface area contributed by atoms with E-state index in [1.807, 2.05) is 0 Å². The van der Waals surface area contributed by atoms with Crippen molar-refractivity contribution in [1.82, 2.24) is 0 Å². The van der Waals surface area contributed by atoms with Crippen LogP contribution in [0.15, 0.2) is 23.3 Å². The number of fused-ring (bicyclic) bond motifs is 10. The third kappa shape index (κ3) is 40.0. The smallest absolute Gasteiger partial charge is 0.306 e. The molecule has 28 nitrogen and oxygen atoms in total. The number of carbonyl (C=O) groups is 8. The van der Waals surface area contributed by atoms with Crippen LogP contribution < -0.4 is 0 Å². The maximum absolute atomic E-state index is 12.9. The SMILES string of the molecule is CC(C)CCC[C@@H](C)[C@H]1CC[C@H]2[C@@H]3CC=C4C[C@@H](OC(=O)CCC(=O)OCCOCCOCCOCCOC(=O)CCC(=O)OCCOCCOCCOCCSSCCOCCOCCOCCOC(=O)CCC(=O)OCCOCCOCCOCCOC(=O)CCC(=O)O[C@H]5CC[C@@]6(C)C(=CC[C@H]7[C@@H]8CC[C@H]([C@H](C)CCCC(C)C)[C@@]8(C)CC[C@@H]76)C5)CC[C@]4(C)[C@H]3CC[C@]12C. The largest absolute Gasteiger partial charge is 0.463 e. The Bertz CT molecular complexity index is 3160. The second kappa shape index (κ2) is 63.2. The molecule has 8 aliphatic rings. The molecule has 0 aliphatic heterocycles. The second-order valence-electron chi connectivity index (χ2n) is 39.6. The van der Waals surface area contributed by atoms with Crippen molar-refractivity contribution in [2.45, 2.75) is 274 Å². The molecular weight excluding hydrogens is 1740 g/mol. The van der Waals surface area contributed by atoms with E-state index in [9.17, 15) is 38.4 Å². The highest BCUT2D eigenvalue weighted by molar-refractivity contribution is 8.76. The fourth-order valence-corrected chi connectivity index (χ4v) is 24.7. The number of hydrogen-bond donors (Lipinski definition) is 0. The number of ether oxygens (including phenoxy) is 20. The lowest BCUT2D eigenvalue weighted by atomic mass is 9.47. The molecule has 6 fully saturated rings. The van der Waals surface area contributed by atoms with Gasteiger partial charge in [0.15, 0.2) is 0 Å². The Morgan fingerprint density at radius 3 is 0.811 bits per heavy atom. The van der Waals surface area contributed by atoms with Gasteiger partial charge in [0.2, 0.25) is 0 Å². The molecule has 16 atom stereocenters. The first kappa shape index (κ1) is 113.